The summed E-state index contributed by atoms with van der Waals surface area (Å²) < 4.78 is 10.6. The van der Waals surface area contributed by atoms with Crippen LogP contribution in [-0.2, 0) is 27.3 Å². The number of nitrogens with one attached hydrogen (secondary N) is 1. The van der Waals surface area contributed by atoms with E-state index in [9.17, 15) is 9.59 Å². The van der Waals surface area contributed by atoms with Crippen molar-refractivity contribution in [3.63, 3.8) is 0 Å². The number of hydrogen-bond acceptors (Lipinski definition) is 4. The lowest BCUT2D eigenvalue weighted by molar-refractivity contribution is -0.154. The first-order valence-corrected chi connectivity index (χ1v) is 9.14. The molecule has 0 bridgehead atoms. The lowest BCUT2D eigenvalue weighted by atomic mass is 10.0. The normalized spacial score (nSPS) is 11.6. The monoisotopic (exact) mass is 377 g/mol. The molecule has 144 valence electrons. The molecule has 1 unspecified atom stereocenters. The molecule has 1 atom stereocenters. The summed E-state index contributed by atoms with van der Waals surface area (Å²) in [6.45, 7) is 1.87. The molecular weight excluding hydrogens is 354 g/mol. The molecule has 0 radical (unpaired) electrons. The van der Waals surface area contributed by atoms with Crippen molar-refractivity contribution in [3.8, 4) is 5.75 Å². The Bertz CT molecular complexity index is 978. The fraction of sp³-hybridized carbons (Fsp3) is 0.217. The predicted octanol–water partition coefficient (Wildman–Crippen LogP) is 3.64. The summed E-state index contributed by atoms with van der Waals surface area (Å²) in [5.41, 5.74) is 1.73. The first-order valence-electron chi connectivity index (χ1n) is 9.14. The Morgan fingerprint density at radius 2 is 1.61 bits per heavy atom. The van der Waals surface area contributed by atoms with E-state index in [-0.39, 0.29) is 12.3 Å². The largest absolute Gasteiger partial charge is 0.496 e. The Morgan fingerprint density at radius 1 is 0.929 bits per heavy atom. The average molecular weight is 377 g/mol. The molecule has 0 spiro atoms. The van der Waals surface area contributed by atoms with Crippen LogP contribution in [0.4, 0.5) is 0 Å². The summed E-state index contributed by atoms with van der Waals surface area (Å²) in [5.74, 6) is -0.0862. The third-order valence-electron chi connectivity index (χ3n) is 4.54. The lowest BCUT2D eigenvalue weighted by Gasteiger charge is -2.15. The molecule has 0 saturated heterocycles. The molecule has 5 heteroatoms. The van der Waals surface area contributed by atoms with Gasteiger partial charge < -0.3 is 14.8 Å². The van der Waals surface area contributed by atoms with Crippen LogP contribution in [0.5, 0.6) is 5.75 Å². The molecule has 3 rings (SSSR count). The molecule has 1 N–H and O–H groups in total. The van der Waals surface area contributed by atoms with Crippen molar-refractivity contribution in [3.05, 3.63) is 77.9 Å². The minimum atomic E-state index is -0.878. The van der Waals surface area contributed by atoms with E-state index in [1.165, 1.54) is 0 Å². The smallest absolute Gasteiger partial charge is 0.311 e. The van der Waals surface area contributed by atoms with Gasteiger partial charge in [0.25, 0.3) is 5.91 Å². The van der Waals surface area contributed by atoms with Crippen LogP contribution >= 0.6 is 0 Å². The number of carbonyl (C=O) groups excluding carboxylic acids is 2. The van der Waals surface area contributed by atoms with Crippen LogP contribution < -0.4 is 10.1 Å². The molecule has 0 heterocycles. The fourth-order valence-corrected chi connectivity index (χ4v) is 3.07. The van der Waals surface area contributed by atoms with E-state index in [0.29, 0.717) is 12.3 Å². The van der Waals surface area contributed by atoms with Gasteiger partial charge in [0, 0.05) is 12.1 Å². The standard InChI is InChI=1S/C23H23NO4/c1-16(23(26)24-15-19-9-4-6-13-21(19)27-2)28-22(25)14-18-11-7-10-17-8-3-5-12-20(17)18/h3-13,16H,14-15H2,1-2H3,(H,24,26). The summed E-state index contributed by atoms with van der Waals surface area (Å²) in [7, 11) is 1.58. The van der Waals surface area contributed by atoms with E-state index >= 15 is 0 Å². The summed E-state index contributed by atoms with van der Waals surface area (Å²) in [6, 6.07) is 21.1. The Labute approximate surface area is 164 Å². The molecule has 1 amide bonds. The Kier molecular flexibility index (Phi) is 6.27. The van der Waals surface area contributed by atoms with E-state index in [0.717, 1.165) is 21.9 Å². The number of ether oxygens (including phenoxy) is 2. The second-order valence-electron chi connectivity index (χ2n) is 6.48. The van der Waals surface area contributed by atoms with Crippen LogP contribution in [0.1, 0.15) is 18.1 Å². The second kappa shape index (κ2) is 9.04. The molecule has 28 heavy (non-hydrogen) atoms. The summed E-state index contributed by atoms with van der Waals surface area (Å²) in [5, 5.41) is 4.85. The van der Waals surface area contributed by atoms with Crippen molar-refractivity contribution < 1.29 is 19.1 Å². The van der Waals surface area contributed by atoms with Gasteiger partial charge >= 0.3 is 5.97 Å². The van der Waals surface area contributed by atoms with Gasteiger partial charge in [0.15, 0.2) is 6.10 Å². The SMILES string of the molecule is COc1ccccc1CNC(=O)C(C)OC(=O)Cc1cccc2ccccc12. The third-order valence-corrected chi connectivity index (χ3v) is 4.54. The van der Waals surface area contributed by atoms with Crippen molar-refractivity contribution in [1.29, 1.82) is 0 Å². The van der Waals surface area contributed by atoms with Gasteiger partial charge in [0.2, 0.25) is 0 Å². The van der Waals surface area contributed by atoms with E-state index < -0.39 is 12.1 Å². The van der Waals surface area contributed by atoms with Crippen LogP contribution in [-0.4, -0.2) is 25.1 Å². The lowest BCUT2D eigenvalue weighted by Crippen LogP contribution is -2.35. The summed E-state index contributed by atoms with van der Waals surface area (Å²) in [4.78, 5) is 24.6. The predicted molar refractivity (Wildman–Crippen MR) is 108 cm³/mol. The van der Waals surface area contributed by atoms with Gasteiger partial charge in [-0.3, -0.25) is 9.59 Å². The number of rotatable bonds is 7. The number of methoxy groups -OCH3 is 1. The van der Waals surface area contributed by atoms with Crippen LogP contribution in [0.2, 0.25) is 0 Å². The number of esters is 1. The van der Waals surface area contributed by atoms with Gasteiger partial charge in [-0.15, -0.1) is 0 Å². The zero-order chi connectivity index (χ0) is 19.9. The van der Waals surface area contributed by atoms with Crippen molar-refractivity contribution >= 4 is 22.6 Å². The Balaban J connectivity index is 1.57. The fourth-order valence-electron chi connectivity index (χ4n) is 3.07. The molecule has 0 fully saturated rings. The van der Waals surface area contributed by atoms with Crippen LogP contribution in [0.15, 0.2) is 66.7 Å². The number of benzene rings is 3. The maximum atomic E-state index is 12.3. The van der Waals surface area contributed by atoms with Crippen molar-refractivity contribution in [1.82, 2.24) is 5.32 Å². The van der Waals surface area contributed by atoms with Crippen LogP contribution in [0, 0.1) is 0 Å². The minimum absolute atomic E-state index is 0.117. The van der Waals surface area contributed by atoms with Crippen molar-refractivity contribution in [2.24, 2.45) is 0 Å². The van der Waals surface area contributed by atoms with E-state index in [1.54, 1.807) is 14.0 Å². The average Bonchev–Trinajstić information content (AvgIpc) is 2.72. The second-order valence-corrected chi connectivity index (χ2v) is 6.48. The Morgan fingerprint density at radius 3 is 2.43 bits per heavy atom. The van der Waals surface area contributed by atoms with Gasteiger partial charge in [0.05, 0.1) is 13.5 Å². The van der Waals surface area contributed by atoms with Gasteiger partial charge in [-0.05, 0) is 29.3 Å². The highest BCUT2D eigenvalue weighted by atomic mass is 16.5. The summed E-state index contributed by atoms with van der Waals surface area (Å²) in [6.07, 6.45) is -0.761. The van der Waals surface area contributed by atoms with E-state index in [2.05, 4.69) is 5.32 Å². The van der Waals surface area contributed by atoms with Crippen LogP contribution in [0.3, 0.4) is 0 Å². The Hall–Kier alpha value is -3.34. The maximum Gasteiger partial charge on any atom is 0.311 e. The number of fused-ring (bicyclic) bond motifs is 1. The van der Waals surface area contributed by atoms with E-state index in [1.807, 2.05) is 66.7 Å². The molecule has 0 saturated carbocycles. The molecule has 0 aliphatic rings. The zero-order valence-corrected chi connectivity index (χ0v) is 16.0. The van der Waals surface area contributed by atoms with Gasteiger partial charge in [0.1, 0.15) is 5.75 Å². The molecule has 0 aliphatic heterocycles. The number of hydrogen-bond donors (Lipinski definition) is 1. The van der Waals surface area contributed by atoms with Crippen molar-refractivity contribution in [2.45, 2.75) is 26.0 Å². The first kappa shape index (κ1) is 19.4. The molecule has 0 aliphatic carbocycles. The molecular formula is C23H23NO4. The van der Waals surface area contributed by atoms with Gasteiger partial charge in [-0.25, -0.2) is 0 Å². The molecule has 3 aromatic carbocycles. The zero-order valence-electron chi connectivity index (χ0n) is 16.0. The molecule has 0 aromatic heterocycles. The quantitative estimate of drug-likeness (QED) is 0.639. The minimum Gasteiger partial charge on any atom is -0.496 e. The number of amides is 1. The van der Waals surface area contributed by atoms with Crippen molar-refractivity contribution in [2.75, 3.05) is 7.11 Å². The third kappa shape index (κ3) is 4.68. The highest BCUT2D eigenvalue weighted by Gasteiger charge is 2.18. The van der Waals surface area contributed by atoms with Crippen LogP contribution in [0.25, 0.3) is 10.8 Å². The first-order chi connectivity index (χ1) is 13.6. The topological polar surface area (TPSA) is 64.6 Å². The van der Waals surface area contributed by atoms with Gasteiger partial charge in [-0.1, -0.05) is 60.7 Å². The highest BCUT2D eigenvalue weighted by Crippen LogP contribution is 2.19. The maximum absolute atomic E-state index is 12.3. The molecule has 3 aromatic rings. The highest BCUT2D eigenvalue weighted by molar-refractivity contribution is 5.90. The molecule has 5 nitrogen and oxygen atoms in total. The number of carbonyl (C=O) groups is 2. The summed E-state index contributed by atoms with van der Waals surface area (Å²) >= 11 is 0. The van der Waals surface area contributed by atoms with Gasteiger partial charge in [-0.2, -0.15) is 0 Å². The van der Waals surface area contributed by atoms with E-state index in [4.69, 9.17) is 9.47 Å². The number of para-hydroxylation sites is 1.